The molecule has 0 heterocycles. The van der Waals surface area contributed by atoms with Gasteiger partial charge < -0.3 is 19.4 Å². The summed E-state index contributed by atoms with van der Waals surface area (Å²) in [5, 5.41) is 12.5. The maximum Gasteiger partial charge on any atom is 1.00 e. The Balaban J connectivity index is 0.00000288. The van der Waals surface area contributed by atoms with E-state index in [-0.39, 0.29) is 29.6 Å². The van der Waals surface area contributed by atoms with Crippen molar-refractivity contribution in [2.45, 2.75) is 12.3 Å². The molecule has 0 aromatic heterocycles. The van der Waals surface area contributed by atoms with Gasteiger partial charge in [0.05, 0.1) is 35.6 Å². The van der Waals surface area contributed by atoms with Crippen LogP contribution in [0.4, 0.5) is 0 Å². The second-order valence-electron chi connectivity index (χ2n) is 5.11. The van der Waals surface area contributed by atoms with E-state index in [1.165, 1.54) is 14.2 Å². The Hall–Kier alpha value is -0.910. The summed E-state index contributed by atoms with van der Waals surface area (Å²) < 4.78 is 10.2. The third-order valence-electron chi connectivity index (χ3n) is 3.87. The van der Waals surface area contributed by atoms with Crippen LogP contribution in [0, 0.1) is 0 Å². The fourth-order valence-corrected chi connectivity index (χ4v) is 2.87. The van der Waals surface area contributed by atoms with E-state index in [9.17, 15) is 9.90 Å². The number of aliphatic carboxylic acids is 1. The minimum atomic E-state index is -1.42. The summed E-state index contributed by atoms with van der Waals surface area (Å²) in [5.74, 6) is -0.340. The third kappa shape index (κ3) is 3.84. The van der Waals surface area contributed by atoms with Crippen LogP contribution in [-0.2, 0) is 10.2 Å². The molecule has 7 heteroatoms. The van der Waals surface area contributed by atoms with Crippen molar-refractivity contribution < 1.29 is 48.9 Å². The molecule has 0 atom stereocenters. The smallest absolute Gasteiger partial charge is 0.549 e. The van der Waals surface area contributed by atoms with Gasteiger partial charge in [0.1, 0.15) is 11.5 Å². The number of carboxylic acid groups (broad SMARTS) is 1. The van der Waals surface area contributed by atoms with Crippen molar-refractivity contribution in [3.63, 3.8) is 0 Å². The zero-order chi connectivity index (χ0) is 17.2. The predicted molar refractivity (Wildman–Crippen MR) is 87.5 cm³/mol. The standard InChI is InChI=1S/C17H16Cl2O4.Na/c1-17(16(20)21,10-4-6-14(22-2)12(18)8-10)11-5-7-15(23-3)13(19)9-11;/h4-9H,1-3H3,(H,20,21);/q;+1/p-1. The fourth-order valence-electron chi connectivity index (χ4n) is 2.36. The first-order chi connectivity index (χ1) is 10.8. The Morgan fingerprint density at radius 2 is 1.33 bits per heavy atom. The molecule has 0 aliphatic rings. The molecule has 122 valence electrons. The van der Waals surface area contributed by atoms with E-state index in [1.807, 2.05) is 0 Å². The van der Waals surface area contributed by atoms with Gasteiger partial charge >= 0.3 is 29.6 Å². The normalized spacial score (nSPS) is 10.7. The predicted octanol–water partition coefficient (Wildman–Crippen LogP) is 0.0705. The largest absolute Gasteiger partial charge is 1.00 e. The molecule has 0 saturated heterocycles. The molecule has 24 heavy (non-hydrogen) atoms. The van der Waals surface area contributed by atoms with E-state index in [2.05, 4.69) is 0 Å². The van der Waals surface area contributed by atoms with Gasteiger partial charge in [-0.1, -0.05) is 35.3 Å². The summed E-state index contributed by atoms with van der Waals surface area (Å²) in [6.07, 6.45) is 0. The van der Waals surface area contributed by atoms with Crippen molar-refractivity contribution in [2.24, 2.45) is 0 Å². The van der Waals surface area contributed by atoms with Crippen LogP contribution in [0.1, 0.15) is 18.1 Å². The van der Waals surface area contributed by atoms with Crippen LogP contribution in [-0.4, -0.2) is 20.2 Å². The Morgan fingerprint density at radius 1 is 0.958 bits per heavy atom. The molecule has 0 aliphatic heterocycles. The number of methoxy groups -OCH3 is 2. The van der Waals surface area contributed by atoms with E-state index in [1.54, 1.807) is 43.3 Å². The summed E-state index contributed by atoms with van der Waals surface area (Å²) in [5.41, 5.74) is -0.500. The molecular formula is C17H15Cl2NaO4. The summed E-state index contributed by atoms with van der Waals surface area (Å²) in [6.45, 7) is 1.54. The first kappa shape index (κ1) is 21.1. The Labute approximate surface area is 173 Å². The minimum absolute atomic E-state index is 0. The van der Waals surface area contributed by atoms with Crippen molar-refractivity contribution in [3.05, 3.63) is 57.6 Å². The molecule has 0 radical (unpaired) electrons. The molecule has 0 spiro atoms. The van der Waals surface area contributed by atoms with Crippen molar-refractivity contribution in [2.75, 3.05) is 14.2 Å². The maximum absolute atomic E-state index is 11.9. The van der Waals surface area contributed by atoms with Gasteiger partial charge in [0.15, 0.2) is 0 Å². The van der Waals surface area contributed by atoms with Gasteiger partial charge in [-0.25, -0.2) is 0 Å². The van der Waals surface area contributed by atoms with Crippen LogP contribution in [0.5, 0.6) is 11.5 Å². The quantitative estimate of drug-likeness (QED) is 0.693. The van der Waals surface area contributed by atoms with Crippen molar-refractivity contribution >= 4 is 29.2 Å². The van der Waals surface area contributed by atoms with Crippen LogP contribution in [0.2, 0.25) is 10.0 Å². The molecule has 0 unspecified atom stereocenters. The molecule has 0 N–H and O–H groups in total. The van der Waals surface area contributed by atoms with Gasteiger partial charge in [0, 0.05) is 0 Å². The first-order valence-corrected chi connectivity index (χ1v) is 7.49. The number of carbonyl (C=O) groups excluding carboxylic acids is 1. The molecule has 0 fully saturated rings. The number of hydrogen-bond donors (Lipinski definition) is 0. The van der Waals surface area contributed by atoms with E-state index in [0.717, 1.165) is 0 Å². The monoisotopic (exact) mass is 376 g/mol. The molecule has 0 amide bonds. The molecular weight excluding hydrogens is 362 g/mol. The number of benzene rings is 2. The van der Waals surface area contributed by atoms with E-state index in [4.69, 9.17) is 32.7 Å². The number of rotatable bonds is 5. The number of carbonyl (C=O) groups is 1. The van der Waals surface area contributed by atoms with E-state index >= 15 is 0 Å². The van der Waals surface area contributed by atoms with Gasteiger partial charge in [-0.15, -0.1) is 0 Å². The molecule has 0 aliphatic carbocycles. The van der Waals surface area contributed by atoms with E-state index < -0.39 is 11.4 Å². The van der Waals surface area contributed by atoms with Gasteiger partial charge in [-0.2, -0.15) is 0 Å². The Kier molecular flexibility index (Phi) is 7.44. The number of ether oxygens (including phenoxy) is 2. The number of hydrogen-bond acceptors (Lipinski definition) is 4. The van der Waals surface area contributed by atoms with Gasteiger partial charge in [0.25, 0.3) is 0 Å². The van der Waals surface area contributed by atoms with Gasteiger partial charge in [0.2, 0.25) is 0 Å². The molecule has 0 saturated carbocycles. The average Bonchev–Trinajstić information content (AvgIpc) is 2.53. The van der Waals surface area contributed by atoms with Crippen LogP contribution in [0.3, 0.4) is 0 Å². The summed E-state index contributed by atoms with van der Waals surface area (Å²) >= 11 is 12.2. The number of halogens is 2. The van der Waals surface area contributed by atoms with E-state index in [0.29, 0.717) is 32.7 Å². The Morgan fingerprint density at radius 3 is 1.58 bits per heavy atom. The minimum Gasteiger partial charge on any atom is -0.549 e. The zero-order valence-corrected chi connectivity index (χ0v) is 17.4. The Bertz CT molecular complexity index is 696. The molecule has 2 rings (SSSR count). The van der Waals surface area contributed by atoms with Crippen LogP contribution in [0.25, 0.3) is 0 Å². The molecule has 2 aromatic carbocycles. The van der Waals surface area contributed by atoms with Crippen LogP contribution in [0.15, 0.2) is 36.4 Å². The summed E-state index contributed by atoms with van der Waals surface area (Å²) in [6, 6.07) is 9.61. The van der Waals surface area contributed by atoms with Crippen molar-refractivity contribution in [1.29, 1.82) is 0 Å². The van der Waals surface area contributed by atoms with Crippen molar-refractivity contribution in [1.82, 2.24) is 0 Å². The first-order valence-electron chi connectivity index (χ1n) is 6.74. The maximum atomic E-state index is 11.9. The van der Waals surface area contributed by atoms with Gasteiger partial charge in [-0.3, -0.25) is 0 Å². The molecule has 0 bridgehead atoms. The summed E-state index contributed by atoms with van der Waals surface area (Å²) in [4.78, 5) is 11.9. The van der Waals surface area contributed by atoms with Crippen LogP contribution < -0.4 is 44.1 Å². The number of carboxylic acids is 1. The summed E-state index contributed by atoms with van der Waals surface area (Å²) in [7, 11) is 2.98. The SMILES string of the molecule is COc1ccc(C(C)(C(=O)[O-])c2ccc(OC)c(Cl)c2)cc1Cl.[Na+]. The van der Waals surface area contributed by atoms with Gasteiger partial charge in [-0.05, 0) is 42.3 Å². The third-order valence-corrected chi connectivity index (χ3v) is 4.46. The zero-order valence-electron chi connectivity index (χ0n) is 13.9. The average molecular weight is 377 g/mol. The fraction of sp³-hybridized carbons (Fsp3) is 0.235. The topological polar surface area (TPSA) is 58.6 Å². The van der Waals surface area contributed by atoms with Crippen LogP contribution >= 0.6 is 23.2 Å². The molecule has 2 aromatic rings. The van der Waals surface area contributed by atoms with Crippen molar-refractivity contribution in [3.8, 4) is 11.5 Å². The second-order valence-corrected chi connectivity index (χ2v) is 5.93. The second kappa shape index (κ2) is 8.45. The molecule has 4 nitrogen and oxygen atoms in total.